The van der Waals surface area contributed by atoms with Gasteiger partial charge in [0.15, 0.2) is 0 Å². The molecule has 0 radical (unpaired) electrons. The van der Waals surface area contributed by atoms with Crippen molar-refractivity contribution in [3.63, 3.8) is 0 Å². The highest BCUT2D eigenvalue weighted by atomic mass is 32.1. The summed E-state index contributed by atoms with van der Waals surface area (Å²) in [4.78, 5) is 41.8. The van der Waals surface area contributed by atoms with Crippen LogP contribution in [0, 0.1) is 6.92 Å². The minimum atomic E-state index is -0.554. The van der Waals surface area contributed by atoms with Crippen LogP contribution in [0.15, 0.2) is 0 Å². The van der Waals surface area contributed by atoms with Gasteiger partial charge in [-0.15, -0.1) is 11.3 Å². The summed E-state index contributed by atoms with van der Waals surface area (Å²) in [5.74, 6) is -1.25. The number of hydrogen-bond donors (Lipinski definition) is 1. The van der Waals surface area contributed by atoms with Gasteiger partial charge in [0.1, 0.15) is 9.88 Å². The topological polar surface area (TPSA) is 88.2 Å². The lowest BCUT2D eigenvalue weighted by molar-refractivity contribution is -0.116. The third kappa shape index (κ3) is 5.76. The van der Waals surface area contributed by atoms with Gasteiger partial charge < -0.3 is 24.6 Å². The molecule has 156 valence electrons. The van der Waals surface area contributed by atoms with Crippen LogP contribution in [0.1, 0.15) is 45.9 Å². The van der Waals surface area contributed by atoms with Gasteiger partial charge in [0.2, 0.25) is 5.91 Å². The van der Waals surface area contributed by atoms with Crippen molar-refractivity contribution in [1.82, 2.24) is 9.80 Å². The fourth-order valence-corrected chi connectivity index (χ4v) is 4.07. The van der Waals surface area contributed by atoms with E-state index in [2.05, 4.69) is 22.2 Å². The number of anilines is 1. The first-order valence-corrected chi connectivity index (χ1v) is 10.4. The standard InChI is InChI=1S/C19H29N3O5S/c1-5-26-18(24)15-13(3)16(19(25)27-6-2)28-17(15)20-14(23)7-8-22-11-9-21(4)10-12-22/h5-12H2,1-4H3,(H,20,23). The van der Waals surface area contributed by atoms with Crippen molar-refractivity contribution in [3.8, 4) is 0 Å². The molecular weight excluding hydrogens is 382 g/mol. The first-order valence-electron chi connectivity index (χ1n) is 9.55. The maximum atomic E-state index is 12.5. The molecule has 0 bridgehead atoms. The number of likely N-dealkylation sites (N-methyl/N-ethyl adjacent to an activating group) is 1. The van der Waals surface area contributed by atoms with E-state index in [-0.39, 0.29) is 24.7 Å². The van der Waals surface area contributed by atoms with E-state index in [0.717, 1.165) is 37.5 Å². The minimum Gasteiger partial charge on any atom is -0.462 e. The van der Waals surface area contributed by atoms with E-state index in [1.54, 1.807) is 20.8 Å². The summed E-state index contributed by atoms with van der Waals surface area (Å²) in [6.45, 7) is 10.0. The van der Waals surface area contributed by atoms with Crippen LogP contribution in [-0.2, 0) is 14.3 Å². The Bertz CT molecular complexity index is 711. The summed E-state index contributed by atoms with van der Waals surface area (Å²) in [6, 6.07) is 0. The number of thiophene rings is 1. The maximum absolute atomic E-state index is 12.5. The number of nitrogens with zero attached hydrogens (tertiary/aromatic N) is 2. The van der Waals surface area contributed by atoms with Crippen LogP contribution >= 0.6 is 11.3 Å². The van der Waals surface area contributed by atoms with Crippen molar-refractivity contribution in [3.05, 3.63) is 16.0 Å². The Hall–Kier alpha value is -1.97. The zero-order valence-corrected chi connectivity index (χ0v) is 17.8. The maximum Gasteiger partial charge on any atom is 0.348 e. The Balaban J connectivity index is 2.09. The average Bonchev–Trinajstić information content (AvgIpc) is 2.97. The molecule has 1 aromatic rings. The van der Waals surface area contributed by atoms with Crippen LogP contribution in [0.2, 0.25) is 0 Å². The van der Waals surface area contributed by atoms with Crippen molar-refractivity contribution >= 4 is 34.2 Å². The lowest BCUT2D eigenvalue weighted by Crippen LogP contribution is -2.45. The molecule has 1 fully saturated rings. The number of ether oxygens (including phenoxy) is 2. The summed E-state index contributed by atoms with van der Waals surface area (Å²) >= 11 is 1.05. The fraction of sp³-hybridized carbons (Fsp3) is 0.632. The average molecular weight is 412 g/mol. The van der Waals surface area contributed by atoms with E-state index in [1.165, 1.54) is 0 Å². The summed E-state index contributed by atoms with van der Waals surface area (Å²) in [6.07, 6.45) is 0.317. The van der Waals surface area contributed by atoms with Crippen molar-refractivity contribution in [2.45, 2.75) is 27.2 Å². The van der Waals surface area contributed by atoms with Crippen molar-refractivity contribution in [2.24, 2.45) is 0 Å². The van der Waals surface area contributed by atoms with E-state index in [9.17, 15) is 14.4 Å². The zero-order valence-electron chi connectivity index (χ0n) is 17.0. The summed E-state index contributed by atoms with van der Waals surface area (Å²) < 4.78 is 10.2. The monoisotopic (exact) mass is 411 g/mol. The Morgan fingerprint density at radius 3 is 2.25 bits per heavy atom. The molecule has 0 atom stereocenters. The number of carbonyl (C=O) groups is 3. The molecule has 28 heavy (non-hydrogen) atoms. The molecule has 1 aromatic heterocycles. The number of rotatable bonds is 8. The van der Waals surface area contributed by atoms with E-state index in [1.807, 2.05) is 0 Å². The van der Waals surface area contributed by atoms with Crippen molar-refractivity contribution < 1.29 is 23.9 Å². The molecule has 0 unspecified atom stereocenters. The highest BCUT2D eigenvalue weighted by Gasteiger charge is 2.27. The molecular formula is C19H29N3O5S. The van der Waals surface area contributed by atoms with Crippen LogP contribution < -0.4 is 5.32 Å². The summed E-state index contributed by atoms with van der Waals surface area (Å²) in [5.41, 5.74) is 0.694. The largest absolute Gasteiger partial charge is 0.462 e. The fourth-order valence-electron chi connectivity index (χ4n) is 2.96. The van der Waals surface area contributed by atoms with E-state index in [4.69, 9.17) is 9.47 Å². The Kier molecular flexibility index (Phi) is 8.40. The number of esters is 2. The minimum absolute atomic E-state index is 0.193. The van der Waals surface area contributed by atoms with Gasteiger partial charge in [-0.1, -0.05) is 0 Å². The first kappa shape index (κ1) is 22.3. The van der Waals surface area contributed by atoms with Crippen LogP contribution in [-0.4, -0.2) is 80.6 Å². The van der Waals surface area contributed by atoms with Crippen LogP contribution in [0.3, 0.4) is 0 Å². The zero-order chi connectivity index (χ0) is 20.7. The first-order chi connectivity index (χ1) is 13.4. The molecule has 1 saturated heterocycles. The van der Waals surface area contributed by atoms with E-state index in [0.29, 0.717) is 28.4 Å². The predicted octanol–water partition coefficient (Wildman–Crippen LogP) is 1.99. The smallest absolute Gasteiger partial charge is 0.348 e. The molecule has 1 aliphatic rings. The lowest BCUT2D eigenvalue weighted by atomic mass is 10.1. The molecule has 0 spiro atoms. The molecule has 9 heteroatoms. The Morgan fingerprint density at radius 2 is 1.64 bits per heavy atom. The highest BCUT2D eigenvalue weighted by molar-refractivity contribution is 7.18. The number of piperazine rings is 1. The van der Waals surface area contributed by atoms with Gasteiger partial charge >= 0.3 is 11.9 Å². The van der Waals surface area contributed by atoms with Gasteiger partial charge in [-0.2, -0.15) is 0 Å². The number of amides is 1. The molecule has 2 heterocycles. The molecule has 0 saturated carbocycles. The van der Waals surface area contributed by atoms with E-state index >= 15 is 0 Å². The third-order valence-corrected chi connectivity index (χ3v) is 5.78. The van der Waals surface area contributed by atoms with Crippen LogP contribution in [0.4, 0.5) is 5.00 Å². The molecule has 8 nitrogen and oxygen atoms in total. The molecule has 1 N–H and O–H groups in total. The number of hydrogen-bond acceptors (Lipinski definition) is 8. The third-order valence-electron chi connectivity index (χ3n) is 4.59. The highest BCUT2D eigenvalue weighted by Crippen LogP contribution is 2.34. The van der Waals surface area contributed by atoms with Gasteiger partial charge in [0.25, 0.3) is 0 Å². The SMILES string of the molecule is CCOC(=O)c1sc(NC(=O)CCN2CCN(C)CC2)c(C(=O)OCC)c1C. The van der Waals surface area contributed by atoms with Gasteiger partial charge in [0, 0.05) is 39.1 Å². The number of carbonyl (C=O) groups excluding carboxylic acids is 3. The Labute approximate surface area is 169 Å². The van der Waals surface area contributed by atoms with Crippen molar-refractivity contribution in [1.29, 1.82) is 0 Å². The van der Waals surface area contributed by atoms with Crippen molar-refractivity contribution in [2.75, 3.05) is 58.3 Å². The number of nitrogens with one attached hydrogen (secondary N) is 1. The molecule has 2 rings (SSSR count). The predicted molar refractivity (Wildman–Crippen MR) is 108 cm³/mol. The molecule has 0 aromatic carbocycles. The van der Waals surface area contributed by atoms with Gasteiger partial charge in [0.05, 0.1) is 18.8 Å². The second-order valence-corrected chi connectivity index (χ2v) is 7.66. The van der Waals surface area contributed by atoms with Gasteiger partial charge in [-0.3, -0.25) is 4.79 Å². The molecule has 0 aliphatic carbocycles. The van der Waals surface area contributed by atoms with Crippen LogP contribution in [0.25, 0.3) is 0 Å². The van der Waals surface area contributed by atoms with E-state index < -0.39 is 11.9 Å². The van der Waals surface area contributed by atoms with Crippen LogP contribution in [0.5, 0.6) is 0 Å². The molecule has 1 amide bonds. The van der Waals surface area contributed by atoms with Gasteiger partial charge in [-0.05, 0) is 33.4 Å². The summed E-state index contributed by atoms with van der Waals surface area (Å²) in [7, 11) is 2.08. The normalized spacial score (nSPS) is 15.3. The quantitative estimate of drug-likeness (QED) is 0.655. The molecule has 1 aliphatic heterocycles. The Morgan fingerprint density at radius 1 is 1.04 bits per heavy atom. The second-order valence-electron chi connectivity index (χ2n) is 6.64. The summed E-state index contributed by atoms with van der Waals surface area (Å²) in [5, 5.41) is 3.13. The second kappa shape index (κ2) is 10.5. The lowest BCUT2D eigenvalue weighted by Gasteiger charge is -2.32. The van der Waals surface area contributed by atoms with Gasteiger partial charge in [-0.25, -0.2) is 9.59 Å².